The van der Waals surface area contributed by atoms with E-state index >= 15 is 0 Å². The number of hydrogen-bond donors (Lipinski definition) is 3. The number of benzene rings is 1. The zero-order valence-electron chi connectivity index (χ0n) is 9.47. The predicted octanol–water partition coefficient (Wildman–Crippen LogP) is 1.13. The van der Waals surface area contributed by atoms with Crippen LogP contribution in [0.5, 0.6) is 0 Å². The molecule has 92 valence electrons. The molecule has 0 spiro atoms. The maximum atomic E-state index is 10.8. The van der Waals surface area contributed by atoms with Crippen LogP contribution in [0.4, 0.5) is 5.95 Å². The monoisotopic (exact) mass is 246 g/mol. The van der Waals surface area contributed by atoms with Gasteiger partial charge in [0.1, 0.15) is 0 Å². The van der Waals surface area contributed by atoms with Gasteiger partial charge in [0.2, 0.25) is 11.9 Å². The standard InChI is InChI=1S/C11H10N4O3/c1-6(16)12-11-13-9(14-15-11)7-2-4-8(5-3-7)10(17)18/h2-5H,1H3,(H,17,18)(H2,12,13,14,15,16). The number of aromatic carboxylic acids is 1. The molecule has 0 radical (unpaired) electrons. The first kappa shape index (κ1) is 11.8. The van der Waals surface area contributed by atoms with Crippen molar-refractivity contribution in [2.45, 2.75) is 6.92 Å². The highest BCUT2D eigenvalue weighted by Crippen LogP contribution is 2.16. The minimum Gasteiger partial charge on any atom is -0.478 e. The lowest BCUT2D eigenvalue weighted by molar-refractivity contribution is -0.114. The summed E-state index contributed by atoms with van der Waals surface area (Å²) < 4.78 is 0. The Labute approximate surface area is 102 Å². The summed E-state index contributed by atoms with van der Waals surface area (Å²) in [6, 6.07) is 6.17. The fourth-order valence-corrected chi connectivity index (χ4v) is 1.37. The zero-order valence-corrected chi connectivity index (χ0v) is 9.47. The van der Waals surface area contributed by atoms with Crippen LogP contribution in [0.3, 0.4) is 0 Å². The van der Waals surface area contributed by atoms with E-state index in [4.69, 9.17) is 5.11 Å². The van der Waals surface area contributed by atoms with Crippen molar-refractivity contribution in [1.29, 1.82) is 0 Å². The lowest BCUT2D eigenvalue weighted by Crippen LogP contribution is -2.06. The Hall–Kier alpha value is -2.70. The molecular formula is C11H10N4O3. The third-order valence-corrected chi connectivity index (χ3v) is 2.18. The van der Waals surface area contributed by atoms with Gasteiger partial charge in [-0.25, -0.2) is 4.79 Å². The SMILES string of the molecule is CC(=O)Nc1n[nH]c(-c2ccc(C(=O)O)cc2)n1. The summed E-state index contributed by atoms with van der Waals surface area (Å²) in [6.07, 6.45) is 0. The van der Waals surface area contributed by atoms with Crippen LogP contribution < -0.4 is 5.32 Å². The Kier molecular flexibility index (Phi) is 3.05. The van der Waals surface area contributed by atoms with Crippen molar-refractivity contribution >= 4 is 17.8 Å². The number of nitrogens with zero attached hydrogens (tertiary/aromatic N) is 2. The molecule has 0 saturated heterocycles. The van der Waals surface area contributed by atoms with Crippen molar-refractivity contribution in [1.82, 2.24) is 15.2 Å². The van der Waals surface area contributed by atoms with Gasteiger partial charge in [-0.05, 0) is 12.1 Å². The molecule has 3 N–H and O–H groups in total. The number of nitrogens with one attached hydrogen (secondary N) is 2. The highest BCUT2D eigenvalue weighted by atomic mass is 16.4. The van der Waals surface area contributed by atoms with Crippen LogP contribution in [0, 0.1) is 0 Å². The summed E-state index contributed by atoms with van der Waals surface area (Å²) >= 11 is 0. The number of carbonyl (C=O) groups is 2. The molecule has 7 heteroatoms. The van der Waals surface area contributed by atoms with Crippen LogP contribution in [0.25, 0.3) is 11.4 Å². The molecule has 0 aliphatic heterocycles. The minimum absolute atomic E-state index is 0.180. The highest BCUT2D eigenvalue weighted by molar-refractivity contribution is 5.88. The molecule has 0 aliphatic carbocycles. The Bertz CT molecular complexity index is 589. The van der Waals surface area contributed by atoms with E-state index in [1.54, 1.807) is 12.1 Å². The number of amides is 1. The van der Waals surface area contributed by atoms with Gasteiger partial charge in [-0.2, -0.15) is 4.98 Å². The number of anilines is 1. The Morgan fingerprint density at radius 2 is 1.94 bits per heavy atom. The van der Waals surface area contributed by atoms with Crippen LogP contribution in [0.2, 0.25) is 0 Å². The summed E-state index contributed by atoms with van der Waals surface area (Å²) in [5.41, 5.74) is 0.879. The average molecular weight is 246 g/mol. The third-order valence-electron chi connectivity index (χ3n) is 2.18. The van der Waals surface area contributed by atoms with Crippen LogP contribution in [0.15, 0.2) is 24.3 Å². The molecule has 2 rings (SSSR count). The molecule has 7 nitrogen and oxygen atoms in total. The van der Waals surface area contributed by atoms with Gasteiger partial charge in [0, 0.05) is 12.5 Å². The normalized spacial score (nSPS) is 10.1. The number of aromatic amines is 1. The van der Waals surface area contributed by atoms with E-state index in [1.165, 1.54) is 19.1 Å². The van der Waals surface area contributed by atoms with Gasteiger partial charge in [0.25, 0.3) is 0 Å². The van der Waals surface area contributed by atoms with Crippen LogP contribution >= 0.6 is 0 Å². The van der Waals surface area contributed by atoms with Gasteiger partial charge in [-0.1, -0.05) is 12.1 Å². The predicted molar refractivity (Wildman–Crippen MR) is 63.1 cm³/mol. The molecule has 0 saturated carbocycles. The minimum atomic E-state index is -0.988. The summed E-state index contributed by atoms with van der Waals surface area (Å²) in [6.45, 7) is 1.36. The smallest absolute Gasteiger partial charge is 0.335 e. The maximum absolute atomic E-state index is 10.8. The van der Waals surface area contributed by atoms with E-state index in [9.17, 15) is 9.59 Å². The number of H-pyrrole nitrogens is 1. The van der Waals surface area contributed by atoms with Gasteiger partial charge in [-0.15, -0.1) is 5.10 Å². The Morgan fingerprint density at radius 1 is 1.28 bits per heavy atom. The molecule has 0 bridgehead atoms. The van der Waals surface area contributed by atoms with Crippen LogP contribution in [-0.4, -0.2) is 32.2 Å². The molecular weight excluding hydrogens is 236 g/mol. The second kappa shape index (κ2) is 4.66. The lowest BCUT2D eigenvalue weighted by atomic mass is 10.1. The summed E-state index contributed by atoms with van der Waals surface area (Å²) in [4.78, 5) is 25.5. The molecule has 1 heterocycles. The number of carboxylic acid groups (broad SMARTS) is 1. The van der Waals surface area contributed by atoms with Crippen molar-refractivity contribution in [2.75, 3.05) is 5.32 Å². The van der Waals surface area contributed by atoms with Gasteiger partial charge in [-0.3, -0.25) is 15.2 Å². The van der Waals surface area contributed by atoms with Crippen LogP contribution in [0.1, 0.15) is 17.3 Å². The summed E-state index contributed by atoms with van der Waals surface area (Å²) in [5, 5.41) is 17.7. The molecule has 18 heavy (non-hydrogen) atoms. The van der Waals surface area contributed by atoms with Gasteiger partial charge in [0.15, 0.2) is 5.82 Å². The van der Waals surface area contributed by atoms with E-state index < -0.39 is 5.97 Å². The first-order chi connectivity index (χ1) is 8.56. The number of carboxylic acids is 1. The van der Waals surface area contributed by atoms with Crippen molar-refractivity contribution in [3.8, 4) is 11.4 Å². The van der Waals surface area contributed by atoms with Gasteiger partial charge >= 0.3 is 5.97 Å². The van der Waals surface area contributed by atoms with E-state index in [0.717, 1.165) is 0 Å². The van der Waals surface area contributed by atoms with E-state index in [1.807, 2.05) is 0 Å². The van der Waals surface area contributed by atoms with Crippen LogP contribution in [-0.2, 0) is 4.79 Å². The summed E-state index contributed by atoms with van der Waals surface area (Å²) in [5.74, 6) is -0.615. The quantitative estimate of drug-likeness (QED) is 0.752. The second-order valence-corrected chi connectivity index (χ2v) is 3.57. The molecule has 1 amide bonds. The molecule has 2 aromatic rings. The number of carbonyl (C=O) groups excluding carboxylic acids is 1. The van der Waals surface area contributed by atoms with Crippen molar-refractivity contribution in [3.05, 3.63) is 29.8 Å². The van der Waals surface area contributed by atoms with Gasteiger partial charge in [0.05, 0.1) is 5.56 Å². The largest absolute Gasteiger partial charge is 0.478 e. The van der Waals surface area contributed by atoms with Gasteiger partial charge < -0.3 is 5.11 Å². The Balaban J connectivity index is 2.23. The lowest BCUT2D eigenvalue weighted by Gasteiger charge is -1.97. The van der Waals surface area contributed by atoms with Crippen molar-refractivity contribution in [2.24, 2.45) is 0 Å². The first-order valence-corrected chi connectivity index (χ1v) is 5.10. The number of rotatable bonds is 3. The average Bonchev–Trinajstić information content (AvgIpc) is 2.76. The zero-order chi connectivity index (χ0) is 13.1. The van der Waals surface area contributed by atoms with Crippen molar-refractivity contribution in [3.63, 3.8) is 0 Å². The van der Waals surface area contributed by atoms with E-state index in [0.29, 0.717) is 11.4 Å². The fraction of sp³-hybridized carbons (Fsp3) is 0.0909. The second-order valence-electron chi connectivity index (χ2n) is 3.57. The maximum Gasteiger partial charge on any atom is 0.335 e. The van der Waals surface area contributed by atoms with E-state index in [-0.39, 0.29) is 17.4 Å². The molecule has 1 aromatic heterocycles. The fourth-order valence-electron chi connectivity index (χ4n) is 1.37. The number of aromatic nitrogens is 3. The third kappa shape index (κ3) is 2.51. The highest BCUT2D eigenvalue weighted by Gasteiger charge is 2.08. The Morgan fingerprint density at radius 3 is 2.50 bits per heavy atom. The molecule has 1 aromatic carbocycles. The van der Waals surface area contributed by atoms with E-state index in [2.05, 4.69) is 20.5 Å². The molecule has 0 fully saturated rings. The topological polar surface area (TPSA) is 108 Å². The molecule has 0 aliphatic rings. The summed E-state index contributed by atoms with van der Waals surface area (Å²) in [7, 11) is 0. The first-order valence-electron chi connectivity index (χ1n) is 5.10. The van der Waals surface area contributed by atoms with Crippen molar-refractivity contribution < 1.29 is 14.7 Å². The number of hydrogen-bond acceptors (Lipinski definition) is 4. The molecule has 0 unspecified atom stereocenters. The molecule has 0 atom stereocenters.